The van der Waals surface area contributed by atoms with Gasteiger partial charge in [0.1, 0.15) is 6.61 Å². The lowest BCUT2D eigenvalue weighted by Crippen LogP contribution is -1.92. The van der Waals surface area contributed by atoms with Crippen molar-refractivity contribution >= 4 is 6.21 Å². The maximum absolute atomic E-state index is 13.0. The quantitative estimate of drug-likeness (QED) is 0.595. The molecule has 0 fully saturated rings. The predicted molar refractivity (Wildman–Crippen MR) is 74.6 cm³/mol. The SMILES string of the molecule is CCc1ccc(C=NOCc2ccc(F)c(F)c2)cc1. The molecule has 0 aliphatic heterocycles. The second-order valence-corrected chi connectivity index (χ2v) is 4.35. The number of aryl methyl sites for hydroxylation is 1. The molecule has 2 aromatic carbocycles. The van der Waals surface area contributed by atoms with Crippen molar-refractivity contribution in [2.24, 2.45) is 5.16 Å². The zero-order valence-corrected chi connectivity index (χ0v) is 11.1. The number of oxime groups is 1. The highest BCUT2D eigenvalue weighted by atomic mass is 19.2. The van der Waals surface area contributed by atoms with Crippen LogP contribution in [0.3, 0.4) is 0 Å². The van der Waals surface area contributed by atoms with E-state index in [0.717, 1.165) is 24.1 Å². The van der Waals surface area contributed by atoms with Crippen molar-refractivity contribution in [1.82, 2.24) is 0 Å². The fourth-order valence-corrected chi connectivity index (χ4v) is 1.68. The smallest absolute Gasteiger partial charge is 0.159 e. The first-order valence-electron chi connectivity index (χ1n) is 6.37. The Kier molecular flexibility index (Phi) is 4.82. The summed E-state index contributed by atoms with van der Waals surface area (Å²) < 4.78 is 25.7. The van der Waals surface area contributed by atoms with Crippen molar-refractivity contribution in [2.75, 3.05) is 0 Å². The highest BCUT2D eigenvalue weighted by molar-refractivity contribution is 5.79. The van der Waals surface area contributed by atoms with Gasteiger partial charge in [-0.2, -0.15) is 0 Å². The van der Waals surface area contributed by atoms with Crippen molar-refractivity contribution in [3.05, 3.63) is 70.8 Å². The van der Waals surface area contributed by atoms with Gasteiger partial charge >= 0.3 is 0 Å². The Morgan fingerprint density at radius 1 is 1.00 bits per heavy atom. The van der Waals surface area contributed by atoms with Gasteiger partial charge in [0.2, 0.25) is 0 Å². The van der Waals surface area contributed by atoms with Gasteiger partial charge in [0.15, 0.2) is 11.6 Å². The standard InChI is InChI=1S/C16H15F2NO/c1-2-12-3-5-13(6-4-12)10-19-20-11-14-7-8-15(17)16(18)9-14/h3-10H,2,11H2,1H3. The Hall–Kier alpha value is -2.23. The van der Waals surface area contributed by atoms with Gasteiger partial charge < -0.3 is 4.84 Å². The van der Waals surface area contributed by atoms with Gasteiger partial charge in [0.05, 0.1) is 6.21 Å². The number of hydrogen-bond acceptors (Lipinski definition) is 2. The number of benzene rings is 2. The summed E-state index contributed by atoms with van der Waals surface area (Å²) in [4.78, 5) is 5.06. The average molecular weight is 275 g/mol. The van der Waals surface area contributed by atoms with Crippen LogP contribution in [-0.4, -0.2) is 6.21 Å². The molecule has 0 aromatic heterocycles. The summed E-state index contributed by atoms with van der Waals surface area (Å²) in [6.07, 6.45) is 2.57. The number of hydrogen-bond donors (Lipinski definition) is 0. The molecule has 0 aliphatic rings. The van der Waals surface area contributed by atoms with Crippen LogP contribution < -0.4 is 0 Å². The van der Waals surface area contributed by atoms with E-state index in [4.69, 9.17) is 4.84 Å². The molecule has 0 radical (unpaired) electrons. The van der Waals surface area contributed by atoms with E-state index in [1.807, 2.05) is 24.3 Å². The van der Waals surface area contributed by atoms with Crippen molar-refractivity contribution in [2.45, 2.75) is 20.0 Å². The Balaban J connectivity index is 1.88. The minimum Gasteiger partial charge on any atom is -0.391 e. The molecule has 0 saturated carbocycles. The Bertz CT molecular complexity index is 594. The summed E-state index contributed by atoms with van der Waals surface area (Å²) in [6, 6.07) is 11.6. The Labute approximate surface area is 116 Å². The van der Waals surface area contributed by atoms with E-state index in [-0.39, 0.29) is 6.61 Å². The molecule has 0 aliphatic carbocycles. The lowest BCUT2D eigenvalue weighted by molar-refractivity contribution is 0.132. The maximum atomic E-state index is 13.0. The van der Waals surface area contributed by atoms with E-state index in [9.17, 15) is 8.78 Å². The average Bonchev–Trinajstić information content (AvgIpc) is 2.48. The van der Waals surface area contributed by atoms with Gasteiger partial charge in [0, 0.05) is 0 Å². The molecule has 2 rings (SSSR count). The Morgan fingerprint density at radius 2 is 1.70 bits per heavy atom. The molecular formula is C16H15F2NO. The summed E-state index contributed by atoms with van der Waals surface area (Å²) in [5.41, 5.74) is 2.71. The van der Waals surface area contributed by atoms with Crippen molar-refractivity contribution in [3.8, 4) is 0 Å². The molecule has 0 spiro atoms. The Morgan fingerprint density at radius 3 is 2.35 bits per heavy atom. The molecule has 0 atom stereocenters. The summed E-state index contributed by atoms with van der Waals surface area (Å²) in [5, 5.41) is 3.80. The van der Waals surface area contributed by atoms with Crippen LogP contribution in [0.5, 0.6) is 0 Å². The molecule has 0 N–H and O–H groups in total. The van der Waals surface area contributed by atoms with Crippen LogP contribution in [0.15, 0.2) is 47.6 Å². The molecule has 0 heterocycles. The van der Waals surface area contributed by atoms with Crippen LogP contribution in [0.25, 0.3) is 0 Å². The summed E-state index contributed by atoms with van der Waals surface area (Å²) >= 11 is 0. The van der Waals surface area contributed by atoms with Crippen LogP contribution in [0.2, 0.25) is 0 Å². The second kappa shape index (κ2) is 6.80. The topological polar surface area (TPSA) is 21.6 Å². The van der Waals surface area contributed by atoms with Crippen LogP contribution in [-0.2, 0) is 17.9 Å². The first kappa shape index (κ1) is 14.2. The third-order valence-electron chi connectivity index (χ3n) is 2.88. The third kappa shape index (κ3) is 3.88. The second-order valence-electron chi connectivity index (χ2n) is 4.35. The predicted octanol–water partition coefficient (Wildman–Crippen LogP) is 4.08. The van der Waals surface area contributed by atoms with E-state index in [1.165, 1.54) is 11.6 Å². The first-order chi connectivity index (χ1) is 9.69. The minimum absolute atomic E-state index is 0.0980. The van der Waals surface area contributed by atoms with Crippen molar-refractivity contribution in [1.29, 1.82) is 0 Å². The van der Waals surface area contributed by atoms with Crippen LogP contribution in [0.1, 0.15) is 23.6 Å². The van der Waals surface area contributed by atoms with Crippen LogP contribution >= 0.6 is 0 Å². The van der Waals surface area contributed by atoms with Crippen molar-refractivity contribution in [3.63, 3.8) is 0 Å². The van der Waals surface area contributed by atoms with E-state index in [2.05, 4.69) is 12.1 Å². The molecule has 20 heavy (non-hydrogen) atoms. The van der Waals surface area contributed by atoms with Crippen LogP contribution in [0.4, 0.5) is 8.78 Å². The van der Waals surface area contributed by atoms with Gasteiger partial charge in [-0.15, -0.1) is 0 Å². The lowest BCUT2D eigenvalue weighted by Gasteiger charge is -2.01. The summed E-state index contributed by atoms with van der Waals surface area (Å²) in [6.45, 7) is 2.19. The molecule has 2 nitrogen and oxygen atoms in total. The normalized spacial score (nSPS) is 10.9. The van der Waals surface area contributed by atoms with E-state index >= 15 is 0 Å². The van der Waals surface area contributed by atoms with Gasteiger partial charge in [-0.3, -0.25) is 0 Å². The van der Waals surface area contributed by atoms with E-state index in [0.29, 0.717) is 5.56 Å². The molecule has 0 saturated heterocycles. The maximum Gasteiger partial charge on any atom is 0.159 e. The van der Waals surface area contributed by atoms with Crippen molar-refractivity contribution < 1.29 is 13.6 Å². The minimum atomic E-state index is -0.884. The molecule has 2 aromatic rings. The fourth-order valence-electron chi connectivity index (χ4n) is 1.68. The number of halogens is 2. The monoisotopic (exact) mass is 275 g/mol. The highest BCUT2D eigenvalue weighted by Gasteiger charge is 2.02. The largest absolute Gasteiger partial charge is 0.391 e. The molecule has 0 amide bonds. The summed E-state index contributed by atoms with van der Waals surface area (Å²) in [5.74, 6) is -1.75. The zero-order chi connectivity index (χ0) is 14.4. The molecule has 0 unspecified atom stereocenters. The fraction of sp³-hybridized carbons (Fsp3) is 0.188. The number of nitrogens with zero attached hydrogens (tertiary/aromatic N) is 1. The van der Waals surface area contributed by atoms with Gasteiger partial charge in [0.25, 0.3) is 0 Å². The van der Waals surface area contributed by atoms with E-state index < -0.39 is 11.6 Å². The molecule has 0 bridgehead atoms. The lowest BCUT2D eigenvalue weighted by atomic mass is 10.1. The highest BCUT2D eigenvalue weighted by Crippen LogP contribution is 2.09. The first-order valence-corrected chi connectivity index (χ1v) is 6.37. The van der Waals surface area contributed by atoms with E-state index in [1.54, 1.807) is 6.21 Å². The van der Waals surface area contributed by atoms with Gasteiger partial charge in [-0.05, 0) is 35.2 Å². The van der Waals surface area contributed by atoms with Gasteiger partial charge in [-0.1, -0.05) is 42.4 Å². The van der Waals surface area contributed by atoms with Gasteiger partial charge in [-0.25, -0.2) is 8.78 Å². The summed E-state index contributed by atoms with van der Waals surface area (Å²) in [7, 11) is 0. The number of rotatable bonds is 5. The third-order valence-corrected chi connectivity index (χ3v) is 2.88. The molecular weight excluding hydrogens is 260 g/mol. The zero-order valence-electron chi connectivity index (χ0n) is 11.1. The van der Waals surface area contributed by atoms with Crippen LogP contribution in [0, 0.1) is 11.6 Å². The molecule has 4 heteroatoms. The molecule has 104 valence electrons.